The first-order chi connectivity index (χ1) is 17.6. The van der Waals surface area contributed by atoms with E-state index in [2.05, 4.69) is 18.4 Å². The summed E-state index contributed by atoms with van der Waals surface area (Å²) in [6, 6.07) is 16.1. The Morgan fingerprint density at radius 2 is 2.03 bits per heavy atom. The van der Waals surface area contributed by atoms with Gasteiger partial charge in [-0.05, 0) is 56.4 Å². The van der Waals surface area contributed by atoms with Crippen LogP contribution >= 0.6 is 0 Å². The van der Waals surface area contributed by atoms with Crippen LogP contribution in [-0.2, 0) is 17.7 Å². The molecule has 3 aromatic rings. The van der Waals surface area contributed by atoms with E-state index in [1.807, 2.05) is 36.4 Å². The Kier molecular flexibility index (Phi) is 9.28. The SMILES string of the molecule is C=CCCC(O)CN(Cc1c(CC)nn(-c2ccccc2)c1Oc1ccccc1F)CC1CCCO1. The van der Waals surface area contributed by atoms with Gasteiger partial charge in [0.15, 0.2) is 11.6 Å². The average molecular weight is 494 g/mol. The van der Waals surface area contributed by atoms with Crippen molar-refractivity contribution in [2.75, 3.05) is 19.7 Å². The third-order valence-electron chi connectivity index (χ3n) is 6.44. The highest BCUT2D eigenvalue weighted by Gasteiger charge is 2.27. The standard InChI is InChI=1S/C29H36FN3O3/c1-3-5-14-23(34)19-32(20-24-15-11-18-35-24)21-25-27(4-2)31-33(22-12-7-6-8-13-22)29(25)36-28-17-10-9-16-26(28)30/h3,6-10,12-13,16-17,23-24,34H,1,4-5,11,14-15,18-21H2,2H3. The van der Waals surface area contributed by atoms with Crippen LogP contribution in [0.25, 0.3) is 5.69 Å². The number of para-hydroxylation sites is 2. The number of benzene rings is 2. The highest BCUT2D eigenvalue weighted by molar-refractivity contribution is 5.44. The summed E-state index contributed by atoms with van der Waals surface area (Å²) in [5.74, 6) is 0.203. The first-order valence-corrected chi connectivity index (χ1v) is 12.8. The zero-order valence-electron chi connectivity index (χ0n) is 21.0. The summed E-state index contributed by atoms with van der Waals surface area (Å²) in [7, 11) is 0. The lowest BCUT2D eigenvalue weighted by molar-refractivity contribution is 0.0441. The summed E-state index contributed by atoms with van der Waals surface area (Å²) in [4.78, 5) is 2.21. The fourth-order valence-corrected chi connectivity index (χ4v) is 4.60. The average Bonchev–Trinajstić information content (AvgIpc) is 3.52. The molecule has 1 saturated heterocycles. The topological polar surface area (TPSA) is 59.8 Å². The molecule has 1 aliphatic heterocycles. The number of aromatic nitrogens is 2. The van der Waals surface area contributed by atoms with Gasteiger partial charge >= 0.3 is 0 Å². The second kappa shape index (κ2) is 12.8. The molecule has 0 amide bonds. The highest BCUT2D eigenvalue weighted by Crippen LogP contribution is 2.33. The first-order valence-electron chi connectivity index (χ1n) is 12.8. The van der Waals surface area contributed by atoms with E-state index in [9.17, 15) is 9.50 Å². The lowest BCUT2D eigenvalue weighted by Crippen LogP contribution is -2.37. The predicted octanol–water partition coefficient (Wildman–Crippen LogP) is 5.67. The van der Waals surface area contributed by atoms with E-state index in [4.69, 9.17) is 14.6 Å². The van der Waals surface area contributed by atoms with Gasteiger partial charge in [0.2, 0.25) is 5.88 Å². The fraction of sp³-hybridized carbons (Fsp3) is 0.414. The molecule has 0 saturated carbocycles. The van der Waals surface area contributed by atoms with Crippen LogP contribution in [0.3, 0.4) is 0 Å². The highest BCUT2D eigenvalue weighted by atomic mass is 19.1. The Labute approximate surface area is 213 Å². The molecule has 4 rings (SSSR count). The number of allylic oxidation sites excluding steroid dienone is 1. The number of aliphatic hydroxyl groups excluding tert-OH is 1. The number of rotatable bonds is 13. The molecular weight excluding hydrogens is 457 g/mol. The minimum absolute atomic E-state index is 0.127. The van der Waals surface area contributed by atoms with Crippen molar-refractivity contribution in [1.29, 1.82) is 0 Å². The van der Waals surface area contributed by atoms with E-state index in [1.165, 1.54) is 6.07 Å². The smallest absolute Gasteiger partial charge is 0.227 e. The van der Waals surface area contributed by atoms with Crippen molar-refractivity contribution in [2.24, 2.45) is 0 Å². The molecule has 192 valence electrons. The zero-order valence-corrected chi connectivity index (χ0v) is 21.0. The fourth-order valence-electron chi connectivity index (χ4n) is 4.60. The Balaban J connectivity index is 1.71. The molecule has 1 fully saturated rings. The van der Waals surface area contributed by atoms with E-state index in [0.717, 1.165) is 42.8 Å². The van der Waals surface area contributed by atoms with E-state index < -0.39 is 11.9 Å². The molecule has 1 N–H and O–H groups in total. The van der Waals surface area contributed by atoms with Crippen LogP contribution in [0.1, 0.15) is 43.9 Å². The second-order valence-corrected chi connectivity index (χ2v) is 9.21. The largest absolute Gasteiger partial charge is 0.435 e. The van der Waals surface area contributed by atoms with Crippen LogP contribution in [0.5, 0.6) is 11.6 Å². The molecule has 1 aromatic heterocycles. The van der Waals surface area contributed by atoms with Gasteiger partial charge in [-0.25, -0.2) is 9.07 Å². The maximum absolute atomic E-state index is 14.6. The van der Waals surface area contributed by atoms with E-state index in [-0.39, 0.29) is 11.9 Å². The molecule has 0 aliphatic carbocycles. The number of aryl methyl sites for hydroxylation is 1. The molecule has 0 bridgehead atoms. The van der Waals surface area contributed by atoms with E-state index >= 15 is 0 Å². The van der Waals surface area contributed by atoms with Crippen LogP contribution in [0.2, 0.25) is 0 Å². The maximum Gasteiger partial charge on any atom is 0.227 e. The van der Waals surface area contributed by atoms with Gasteiger partial charge in [-0.2, -0.15) is 5.10 Å². The molecule has 2 atom stereocenters. The van der Waals surface area contributed by atoms with Gasteiger partial charge in [0.25, 0.3) is 0 Å². The van der Waals surface area contributed by atoms with Crippen molar-refractivity contribution in [2.45, 2.75) is 57.8 Å². The summed E-state index contributed by atoms with van der Waals surface area (Å²) in [6.07, 6.45) is 5.60. The quantitative estimate of drug-likeness (QED) is 0.311. The number of aliphatic hydroxyl groups is 1. The van der Waals surface area contributed by atoms with Crippen molar-refractivity contribution < 1.29 is 19.0 Å². The number of halogens is 1. The van der Waals surface area contributed by atoms with Gasteiger partial charge in [-0.15, -0.1) is 6.58 Å². The molecule has 36 heavy (non-hydrogen) atoms. The number of nitrogens with zero attached hydrogens (tertiary/aromatic N) is 3. The van der Waals surface area contributed by atoms with Gasteiger partial charge in [0, 0.05) is 26.2 Å². The van der Waals surface area contributed by atoms with E-state index in [1.54, 1.807) is 22.9 Å². The first kappa shape index (κ1) is 26.1. The molecule has 2 aromatic carbocycles. The number of hydrogen-bond donors (Lipinski definition) is 1. The van der Waals surface area contributed by atoms with Gasteiger partial charge in [-0.1, -0.05) is 43.3 Å². The third-order valence-corrected chi connectivity index (χ3v) is 6.44. The van der Waals surface area contributed by atoms with Crippen molar-refractivity contribution >= 4 is 0 Å². The van der Waals surface area contributed by atoms with Crippen LogP contribution in [0, 0.1) is 5.82 Å². The summed E-state index contributed by atoms with van der Waals surface area (Å²) in [5, 5.41) is 15.6. The van der Waals surface area contributed by atoms with Gasteiger partial charge < -0.3 is 14.6 Å². The van der Waals surface area contributed by atoms with Crippen LogP contribution in [0.4, 0.5) is 4.39 Å². The summed E-state index contributed by atoms with van der Waals surface area (Å²) < 4.78 is 28.5. The van der Waals surface area contributed by atoms with Gasteiger partial charge in [0.1, 0.15) is 0 Å². The van der Waals surface area contributed by atoms with Crippen molar-refractivity contribution in [1.82, 2.24) is 14.7 Å². The zero-order chi connectivity index (χ0) is 25.3. The summed E-state index contributed by atoms with van der Waals surface area (Å²) in [6.45, 7) is 8.29. The molecule has 6 nitrogen and oxygen atoms in total. The number of ether oxygens (including phenoxy) is 2. The maximum atomic E-state index is 14.6. The normalized spacial score (nSPS) is 16.4. The molecular formula is C29H36FN3O3. The predicted molar refractivity (Wildman–Crippen MR) is 139 cm³/mol. The van der Waals surface area contributed by atoms with Gasteiger partial charge in [0.05, 0.1) is 29.2 Å². The van der Waals surface area contributed by atoms with Crippen molar-refractivity contribution in [3.8, 4) is 17.3 Å². The van der Waals surface area contributed by atoms with Gasteiger partial charge in [-0.3, -0.25) is 4.90 Å². The number of hydrogen-bond acceptors (Lipinski definition) is 5. The Morgan fingerprint density at radius 1 is 1.25 bits per heavy atom. The Morgan fingerprint density at radius 3 is 2.72 bits per heavy atom. The second-order valence-electron chi connectivity index (χ2n) is 9.21. The molecule has 2 unspecified atom stereocenters. The lowest BCUT2D eigenvalue weighted by atomic mass is 10.1. The third kappa shape index (κ3) is 6.60. The minimum atomic E-state index is -0.491. The van der Waals surface area contributed by atoms with Crippen molar-refractivity contribution in [3.05, 3.63) is 84.3 Å². The molecule has 7 heteroatoms. The Hall–Kier alpha value is -3.00. The van der Waals surface area contributed by atoms with Crippen LogP contribution in [0.15, 0.2) is 67.3 Å². The summed E-state index contributed by atoms with van der Waals surface area (Å²) >= 11 is 0. The van der Waals surface area contributed by atoms with Crippen LogP contribution in [-0.4, -0.2) is 51.7 Å². The van der Waals surface area contributed by atoms with Crippen molar-refractivity contribution in [3.63, 3.8) is 0 Å². The van der Waals surface area contributed by atoms with Crippen LogP contribution < -0.4 is 4.74 Å². The Bertz CT molecular complexity index is 1110. The monoisotopic (exact) mass is 493 g/mol. The molecule has 1 aliphatic rings. The van der Waals surface area contributed by atoms with E-state index in [0.29, 0.717) is 38.4 Å². The molecule has 2 heterocycles. The minimum Gasteiger partial charge on any atom is -0.435 e. The molecule has 0 spiro atoms. The summed E-state index contributed by atoms with van der Waals surface area (Å²) in [5.41, 5.74) is 2.60. The lowest BCUT2D eigenvalue weighted by Gasteiger charge is -2.27. The molecule has 0 radical (unpaired) electrons.